The van der Waals surface area contributed by atoms with Crippen LogP contribution in [0.5, 0.6) is 23.0 Å². The third-order valence-electron chi connectivity index (χ3n) is 5.37. The number of nitrogens with zero attached hydrogens (tertiary/aromatic N) is 2. The van der Waals surface area contributed by atoms with Crippen LogP contribution in [0.1, 0.15) is 22.3 Å². The monoisotopic (exact) mass is 462 g/mol. The summed E-state index contributed by atoms with van der Waals surface area (Å²) in [4.78, 5) is 27.9. The van der Waals surface area contributed by atoms with Crippen LogP contribution >= 0.6 is 0 Å². The van der Waals surface area contributed by atoms with Crippen molar-refractivity contribution in [2.24, 2.45) is 9.98 Å². The topological polar surface area (TPSA) is 77.3 Å². The van der Waals surface area contributed by atoms with E-state index in [4.69, 9.17) is 9.47 Å². The van der Waals surface area contributed by atoms with Crippen molar-refractivity contribution in [3.63, 3.8) is 0 Å². The Hall–Kier alpha value is -4.76. The first-order chi connectivity index (χ1) is 17.0. The molecule has 0 spiro atoms. The van der Waals surface area contributed by atoms with Crippen molar-refractivity contribution in [2.45, 2.75) is 20.3 Å². The second-order valence-corrected chi connectivity index (χ2v) is 7.97. The summed E-state index contributed by atoms with van der Waals surface area (Å²) >= 11 is 0. The lowest BCUT2D eigenvalue weighted by Crippen LogP contribution is -1.94. The lowest BCUT2D eigenvalue weighted by Gasteiger charge is -2.12. The van der Waals surface area contributed by atoms with Crippen molar-refractivity contribution < 1.29 is 19.1 Å². The summed E-state index contributed by atoms with van der Waals surface area (Å²) < 4.78 is 12.0. The van der Waals surface area contributed by atoms with E-state index < -0.39 is 0 Å². The molecule has 6 nitrogen and oxygen atoms in total. The Labute approximate surface area is 203 Å². The van der Waals surface area contributed by atoms with E-state index >= 15 is 0 Å². The highest BCUT2D eigenvalue weighted by molar-refractivity contribution is 5.52. The molecule has 0 heterocycles. The number of benzene rings is 4. The fourth-order valence-corrected chi connectivity index (χ4v) is 3.64. The Morgan fingerprint density at radius 2 is 1.00 bits per heavy atom. The second kappa shape index (κ2) is 10.9. The number of aliphatic imine (C=N–C) groups is 2. The molecular weight excluding hydrogens is 440 g/mol. The van der Waals surface area contributed by atoms with Crippen molar-refractivity contribution in [2.75, 3.05) is 0 Å². The van der Waals surface area contributed by atoms with Crippen molar-refractivity contribution >= 4 is 23.5 Å². The van der Waals surface area contributed by atoms with Crippen LogP contribution in [0.15, 0.2) is 94.9 Å². The van der Waals surface area contributed by atoms with Gasteiger partial charge < -0.3 is 9.47 Å². The first kappa shape index (κ1) is 23.4. The van der Waals surface area contributed by atoms with E-state index in [2.05, 4.69) is 34.3 Å². The van der Waals surface area contributed by atoms with Crippen LogP contribution in [0.25, 0.3) is 0 Å². The number of isocyanates is 2. The highest BCUT2D eigenvalue weighted by Crippen LogP contribution is 2.30. The van der Waals surface area contributed by atoms with Gasteiger partial charge in [0.1, 0.15) is 23.0 Å². The number of aryl methyl sites for hydroxylation is 2. The third kappa shape index (κ3) is 6.18. The Morgan fingerprint density at radius 1 is 0.600 bits per heavy atom. The Kier molecular flexibility index (Phi) is 7.29. The molecule has 4 aromatic rings. The molecular formula is C29H22N2O4. The molecule has 0 bridgehead atoms. The summed E-state index contributed by atoms with van der Waals surface area (Å²) in [5, 5.41) is 0. The number of ether oxygens (including phenoxy) is 2. The Bertz CT molecular complexity index is 1320. The molecule has 0 N–H and O–H groups in total. The fourth-order valence-electron chi connectivity index (χ4n) is 3.64. The van der Waals surface area contributed by atoms with Gasteiger partial charge in [0.2, 0.25) is 12.2 Å². The standard InChI is InChI=1S/C29H22N2O4/c1-20-15-22(3-13-28(20)34-26-9-5-24(6-10-26)30-18-32)17-23-4-14-29(21(2)16-23)35-27-11-7-25(8-12-27)31-19-33/h3-16H,17H2,1-2H3. The number of hydrogen-bond donors (Lipinski definition) is 0. The fraction of sp³-hybridized carbons (Fsp3) is 0.103. The molecule has 0 atom stereocenters. The number of rotatable bonds is 8. The summed E-state index contributed by atoms with van der Waals surface area (Å²) in [6.45, 7) is 4.02. The van der Waals surface area contributed by atoms with Gasteiger partial charge in [-0.25, -0.2) is 9.59 Å². The van der Waals surface area contributed by atoms with Crippen LogP contribution in [0.2, 0.25) is 0 Å². The van der Waals surface area contributed by atoms with Gasteiger partial charge in [0.25, 0.3) is 0 Å². The first-order valence-corrected chi connectivity index (χ1v) is 10.9. The van der Waals surface area contributed by atoms with Gasteiger partial charge in [-0.3, -0.25) is 0 Å². The maximum absolute atomic E-state index is 10.4. The zero-order valence-electron chi connectivity index (χ0n) is 19.3. The minimum Gasteiger partial charge on any atom is -0.457 e. The summed E-state index contributed by atoms with van der Waals surface area (Å²) in [6.07, 6.45) is 3.83. The molecule has 0 saturated carbocycles. The van der Waals surface area contributed by atoms with Gasteiger partial charge in [-0.15, -0.1) is 0 Å². The lowest BCUT2D eigenvalue weighted by atomic mass is 10.0. The van der Waals surface area contributed by atoms with Crippen LogP contribution in [-0.4, -0.2) is 12.2 Å². The summed E-state index contributed by atoms with van der Waals surface area (Å²) in [5.74, 6) is 2.88. The lowest BCUT2D eigenvalue weighted by molar-refractivity contribution is 0.478. The normalized spacial score (nSPS) is 10.1. The van der Waals surface area contributed by atoms with Crippen molar-refractivity contribution in [1.29, 1.82) is 0 Å². The van der Waals surface area contributed by atoms with Crippen molar-refractivity contribution in [1.82, 2.24) is 0 Å². The van der Waals surface area contributed by atoms with Gasteiger partial charge in [0, 0.05) is 0 Å². The number of carbonyl (C=O) groups excluding carboxylic acids is 2. The van der Waals surface area contributed by atoms with Crippen LogP contribution in [0.4, 0.5) is 11.4 Å². The molecule has 0 amide bonds. The smallest absolute Gasteiger partial charge is 0.240 e. The second-order valence-electron chi connectivity index (χ2n) is 7.97. The predicted octanol–water partition coefficient (Wildman–Crippen LogP) is 7.41. The molecule has 0 fully saturated rings. The summed E-state index contributed by atoms with van der Waals surface area (Å²) in [7, 11) is 0. The molecule has 4 aromatic carbocycles. The Morgan fingerprint density at radius 3 is 1.34 bits per heavy atom. The van der Waals surface area contributed by atoms with Gasteiger partial charge in [0.15, 0.2) is 0 Å². The molecule has 4 rings (SSSR count). The van der Waals surface area contributed by atoms with E-state index in [-0.39, 0.29) is 0 Å². The van der Waals surface area contributed by atoms with Crippen LogP contribution in [-0.2, 0) is 16.0 Å². The van der Waals surface area contributed by atoms with Crippen LogP contribution < -0.4 is 9.47 Å². The van der Waals surface area contributed by atoms with E-state index in [9.17, 15) is 9.59 Å². The minimum atomic E-state index is 0.536. The number of hydrogen-bond acceptors (Lipinski definition) is 6. The molecule has 0 aromatic heterocycles. The van der Waals surface area contributed by atoms with Crippen molar-refractivity contribution in [3.8, 4) is 23.0 Å². The van der Waals surface area contributed by atoms with Gasteiger partial charge in [-0.05, 0) is 103 Å². The highest BCUT2D eigenvalue weighted by Gasteiger charge is 2.07. The zero-order chi connectivity index (χ0) is 24.6. The van der Waals surface area contributed by atoms with Gasteiger partial charge in [-0.2, -0.15) is 9.98 Å². The Balaban J connectivity index is 1.42. The summed E-state index contributed by atoms with van der Waals surface area (Å²) in [5.41, 5.74) is 5.46. The maximum Gasteiger partial charge on any atom is 0.240 e. The maximum atomic E-state index is 10.4. The molecule has 172 valence electrons. The van der Waals surface area contributed by atoms with Crippen LogP contribution in [0, 0.1) is 13.8 Å². The zero-order valence-corrected chi connectivity index (χ0v) is 19.3. The molecule has 6 heteroatoms. The van der Waals surface area contributed by atoms with Crippen LogP contribution in [0.3, 0.4) is 0 Å². The van der Waals surface area contributed by atoms with E-state index in [0.29, 0.717) is 22.9 Å². The van der Waals surface area contributed by atoms with Gasteiger partial charge in [0.05, 0.1) is 11.4 Å². The summed E-state index contributed by atoms with van der Waals surface area (Å²) in [6, 6.07) is 26.2. The molecule has 0 unspecified atom stereocenters. The van der Waals surface area contributed by atoms with Crippen molar-refractivity contribution in [3.05, 3.63) is 107 Å². The molecule has 0 aliphatic rings. The largest absolute Gasteiger partial charge is 0.457 e. The predicted molar refractivity (Wildman–Crippen MR) is 134 cm³/mol. The molecule has 35 heavy (non-hydrogen) atoms. The van der Waals surface area contributed by atoms with E-state index in [1.54, 1.807) is 48.5 Å². The molecule has 0 radical (unpaired) electrons. The molecule has 0 aliphatic carbocycles. The average molecular weight is 463 g/mol. The van der Waals surface area contributed by atoms with E-state index in [1.165, 1.54) is 23.3 Å². The highest BCUT2D eigenvalue weighted by atomic mass is 16.5. The van der Waals surface area contributed by atoms with E-state index in [0.717, 1.165) is 29.0 Å². The average Bonchev–Trinajstić information content (AvgIpc) is 2.85. The van der Waals surface area contributed by atoms with Gasteiger partial charge >= 0.3 is 0 Å². The third-order valence-corrected chi connectivity index (χ3v) is 5.37. The SMILES string of the molecule is Cc1cc(Cc2ccc(Oc3ccc(N=C=O)cc3)c(C)c2)ccc1Oc1ccc(N=C=O)cc1. The quantitative estimate of drug-likeness (QED) is 0.202. The molecule has 0 aliphatic heterocycles. The van der Waals surface area contributed by atoms with E-state index in [1.807, 2.05) is 26.0 Å². The first-order valence-electron chi connectivity index (χ1n) is 10.9. The molecule has 0 saturated heterocycles. The van der Waals surface area contributed by atoms with Gasteiger partial charge in [-0.1, -0.05) is 24.3 Å². The minimum absolute atomic E-state index is 0.536.